The van der Waals surface area contributed by atoms with E-state index in [0.29, 0.717) is 24.5 Å². The van der Waals surface area contributed by atoms with Crippen LogP contribution in [0, 0.1) is 0 Å². The van der Waals surface area contributed by atoms with Crippen molar-refractivity contribution in [3.63, 3.8) is 0 Å². The summed E-state index contributed by atoms with van der Waals surface area (Å²) in [5.41, 5.74) is 3.02. The monoisotopic (exact) mass is 526 g/mol. The molecule has 0 radical (unpaired) electrons. The summed E-state index contributed by atoms with van der Waals surface area (Å²) in [4.78, 5) is 8.19. The molecule has 0 aliphatic rings. The summed E-state index contributed by atoms with van der Waals surface area (Å²) in [6, 6.07) is 21.7. The Hall–Kier alpha value is -3.50. The summed E-state index contributed by atoms with van der Waals surface area (Å²) in [5, 5.41) is 3.65. The van der Waals surface area contributed by atoms with Crippen molar-refractivity contribution in [3.8, 4) is 28.4 Å². The van der Waals surface area contributed by atoms with E-state index in [1.165, 1.54) is 6.20 Å². The predicted octanol–water partition coefficient (Wildman–Crippen LogP) is 6.92. The second kappa shape index (κ2) is 11.3. The number of hydrogen-bond acceptors (Lipinski definition) is 5. The first-order valence-electron chi connectivity index (χ1n) is 11.9. The average molecular weight is 527 g/mol. The summed E-state index contributed by atoms with van der Waals surface area (Å²) in [7, 11) is -1.33. The van der Waals surface area contributed by atoms with E-state index in [9.17, 15) is 13.2 Å². The topological polar surface area (TPSA) is 62.1 Å². The zero-order chi connectivity index (χ0) is 26.5. The Kier molecular flexibility index (Phi) is 8.09. The van der Waals surface area contributed by atoms with E-state index in [4.69, 9.17) is 9.47 Å². The molecular weight excluding hydrogens is 497 g/mol. The molecular formula is C27H29F3N4O2Si-. The Morgan fingerprint density at radius 2 is 1.59 bits per heavy atom. The van der Waals surface area contributed by atoms with Gasteiger partial charge in [-0.1, -0.05) is 30.3 Å². The molecule has 0 spiro atoms. The molecule has 4 rings (SSSR count). The largest absolute Gasteiger partial charge is 0.489 e. The summed E-state index contributed by atoms with van der Waals surface area (Å²) >= 11 is 0. The van der Waals surface area contributed by atoms with Crippen LogP contribution in [-0.2, 0) is 24.3 Å². The molecule has 0 aliphatic carbocycles. The lowest BCUT2D eigenvalue weighted by atomic mass is 10.1. The number of nitrogens with zero attached hydrogens (tertiary/aromatic N) is 4. The van der Waals surface area contributed by atoms with Crippen molar-refractivity contribution in [3.05, 3.63) is 84.3 Å². The van der Waals surface area contributed by atoms with Crippen LogP contribution in [0.25, 0.3) is 22.6 Å². The third-order valence-corrected chi connectivity index (χ3v) is 7.26. The second-order valence-electron chi connectivity index (χ2n) is 9.84. The molecule has 10 heteroatoms. The van der Waals surface area contributed by atoms with Crippen molar-refractivity contribution in [1.29, 1.82) is 0 Å². The SMILES string of the molecule is C[Si-](C)(C)CCOCn1nc(C(F)(F)F)nc1-c1ccc(-c2ccc(OCc3ccccc3)cc2)nc1. The van der Waals surface area contributed by atoms with Crippen LogP contribution >= 0.6 is 0 Å². The van der Waals surface area contributed by atoms with Gasteiger partial charge in [0.05, 0.1) is 5.69 Å². The van der Waals surface area contributed by atoms with Crippen molar-refractivity contribution in [2.75, 3.05) is 6.61 Å². The van der Waals surface area contributed by atoms with Crippen LogP contribution in [-0.4, -0.2) is 34.4 Å². The molecule has 0 aliphatic heterocycles. The lowest BCUT2D eigenvalue weighted by Crippen LogP contribution is -2.22. The standard InChI is InChI=1S/C27H29F3N4O2Si/c1-37(2,3)16-15-35-19-34-25(32-26(33-34)27(28,29)30)22-11-14-24(31-17-22)21-9-12-23(13-10-21)36-18-20-7-5-4-6-8-20/h4-14,17H,15-16,18-19H2,1-3H3/q-1. The highest BCUT2D eigenvalue weighted by molar-refractivity contribution is 6.76. The zero-order valence-corrected chi connectivity index (χ0v) is 22.0. The van der Waals surface area contributed by atoms with Gasteiger partial charge in [-0.3, -0.25) is 4.98 Å². The van der Waals surface area contributed by atoms with Gasteiger partial charge in [0.15, 0.2) is 5.82 Å². The average Bonchev–Trinajstić information content (AvgIpc) is 3.31. The number of benzene rings is 2. The van der Waals surface area contributed by atoms with E-state index in [1.807, 2.05) is 54.6 Å². The highest BCUT2D eigenvalue weighted by atomic mass is 28.3. The predicted molar refractivity (Wildman–Crippen MR) is 139 cm³/mol. The fourth-order valence-corrected chi connectivity index (χ4v) is 4.21. The van der Waals surface area contributed by atoms with Gasteiger partial charge < -0.3 is 9.47 Å². The minimum absolute atomic E-state index is 0.0593. The summed E-state index contributed by atoms with van der Waals surface area (Å²) in [6.07, 6.45) is -3.16. The van der Waals surface area contributed by atoms with Gasteiger partial charge >= 0.3 is 6.18 Å². The molecule has 37 heavy (non-hydrogen) atoms. The van der Waals surface area contributed by atoms with Crippen molar-refractivity contribution in [2.24, 2.45) is 0 Å². The maximum Gasteiger partial charge on any atom is 0.453 e. The normalized spacial score (nSPS) is 12.1. The molecule has 195 valence electrons. The number of hydrogen-bond donors (Lipinski definition) is 0. The van der Waals surface area contributed by atoms with Crippen molar-refractivity contribution >= 4 is 8.07 Å². The molecule has 0 fully saturated rings. The molecule has 0 N–H and O–H groups in total. The van der Waals surface area contributed by atoms with Crippen LogP contribution in [0.5, 0.6) is 5.75 Å². The summed E-state index contributed by atoms with van der Waals surface area (Å²) in [5.74, 6) is -0.415. The first kappa shape index (κ1) is 26.6. The molecule has 0 unspecified atom stereocenters. The smallest absolute Gasteiger partial charge is 0.453 e. The maximum absolute atomic E-state index is 13.3. The second-order valence-corrected chi connectivity index (χ2v) is 15.5. The van der Waals surface area contributed by atoms with Gasteiger partial charge in [0.2, 0.25) is 0 Å². The first-order valence-corrected chi connectivity index (χ1v) is 15.6. The third kappa shape index (κ3) is 7.50. The van der Waals surface area contributed by atoms with Gasteiger partial charge in [0.25, 0.3) is 5.82 Å². The quantitative estimate of drug-likeness (QED) is 0.166. The van der Waals surface area contributed by atoms with E-state index in [2.05, 4.69) is 34.7 Å². The van der Waals surface area contributed by atoms with Crippen LogP contribution in [0.3, 0.4) is 0 Å². The van der Waals surface area contributed by atoms with E-state index in [-0.39, 0.29) is 12.6 Å². The lowest BCUT2D eigenvalue weighted by Gasteiger charge is -2.26. The van der Waals surface area contributed by atoms with Crippen LogP contribution < -0.4 is 4.74 Å². The number of pyridine rings is 1. The fraction of sp³-hybridized carbons (Fsp3) is 0.296. The third-order valence-electron chi connectivity index (χ3n) is 5.56. The van der Waals surface area contributed by atoms with Crippen LogP contribution in [0.1, 0.15) is 11.4 Å². The van der Waals surface area contributed by atoms with Crippen LogP contribution in [0.2, 0.25) is 25.7 Å². The molecule has 0 atom stereocenters. The van der Waals surface area contributed by atoms with Gasteiger partial charge in [-0.15, -0.1) is 19.2 Å². The maximum atomic E-state index is 13.3. The Balaban J connectivity index is 1.46. The summed E-state index contributed by atoms with van der Waals surface area (Å²) < 4.78 is 52.5. The minimum atomic E-state index is -4.66. The first-order chi connectivity index (χ1) is 17.6. The van der Waals surface area contributed by atoms with Gasteiger partial charge in [0.1, 0.15) is 19.1 Å². The molecule has 2 heterocycles. The van der Waals surface area contributed by atoms with E-state index in [0.717, 1.165) is 27.6 Å². The molecule has 0 amide bonds. The Morgan fingerprint density at radius 3 is 2.22 bits per heavy atom. The highest BCUT2D eigenvalue weighted by Gasteiger charge is 2.37. The van der Waals surface area contributed by atoms with Gasteiger partial charge in [-0.2, -0.15) is 32.8 Å². The van der Waals surface area contributed by atoms with Crippen molar-refractivity contribution in [1.82, 2.24) is 19.7 Å². The molecule has 4 aromatic rings. The Bertz CT molecular complexity index is 1290. The van der Waals surface area contributed by atoms with Gasteiger partial charge in [-0.05, 0) is 42.0 Å². The Morgan fingerprint density at radius 1 is 0.892 bits per heavy atom. The number of halogens is 3. The lowest BCUT2D eigenvalue weighted by molar-refractivity contribution is -0.145. The number of alkyl halides is 3. The number of ether oxygens (including phenoxy) is 2. The van der Waals surface area contributed by atoms with Gasteiger partial charge in [-0.25, -0.2) is 9.67 Å². The highest BCUT2D eigenvalue weighted by Crippen LogP contribution is 2.30. The molecule has 0 saturated carbocycles. The van der Waals surface area contributed by atoms with E-state index in [1.54, 1.807) is 12.1 Å². The Labute approximate surface area is 215 Å². The molecule has 0 saturated heterocycles. The fourth-order valence-electron chi connectivity index (χ4n) is 3.45. The van der Waals surface area contributed by atoms with Crippen molar-refractivity contribution in [2.45, 2.75) is 45.2 Å². The molecule has 6 nitrogen and oxygen atoms in total. The molecule has 2 aromatic carbocycles. The van der Waals surface area contributed by atoms with E-state index < -0.39 is 20.1 Å². The van der Waals surface area contributed by atoms with Crippen LogP contribution in [0.4, 0.5) is 13.2 Å². The van der Waals surface area contributed by atoms with Gasteiger partial charge in [0, 0.05) is 23.9 Å². The van der Waals surface area contributed by atoms with Crippen molar-refractivity contribution < 1.29 is 22.6 Å². The number of aromatic nitrogens is 4. The molecule has 2 aromatic heterocycles. The minimum Gasteiger partial charge on any atom is -0.489 e. The summed E-state index contributed by atoms with van der Waals surface area (Å²) in [6.45, 7) is 7.43. The van der Waals surface area contributed by atoms with E-state index >= 15 is 0 Å². The zero-order valence-electron chi connectivity index (χ0n) is 21.0. The molecule has 0 bridgehead atoms. The number of rotatable bonds is 10. The van der Waals surface area contributed by atoms with Crippen LogP contribution in [0.15, 0.2) is 72.9 Å².